The average Bonchev–Trinajstić information content (AvgIpc) is 2.92. The summed E-state index contributed by atoms with van der Waals surface area (Å²) < 4.78 is 0. The molecule has 0 spiro atoms. The third kappa shape index (κ3) is 2.61. The largest absolute Gasteiger partial charge is 0.314 e. The Bertz CT molecular complexity index is 342. The van der Waals surface area contributed by atoms with Crippen molar-refractivity contribution in [3.63, 3.8) is 0 Å². The van der Waals surface area contributed by atoms with Crippen molar-refractivity contribution in [1.82, 2.24) is 15.5 Å². The van der Waals surface area contributed by atoms with E-state index >= 15 is 0 Å². The van der Waals surface area contributed by atoms with E-state index in [9.17, 15) is 0 Å². The summed E-state index contributed by atoms with van der Waals surface area (Å²) in [4.78, 5) is 0. The predicted molar refractivity (Wildman–Crippen MR) is 65.8 cm³/mol. The number of nitrogens with zero attached hydrogens (tertiary/aromatic N) is 2. The number of hydrogen-bond acceptors (Lipinski definition) is 4. The maximum Gasteiger partial charge on any atom is 0.120 e. The van der Waals surface area contributed by atoms with Gasteiger partial charge < -0.3 is 5.32 Å². The SMILES string of the molecule is C(CNC1CC1)Cc1nnc(C2CCC2)s1. The van der Waals surface area contributed by atoms with Crippen molar-refractivity contribution in [1.29, 1.82) is 0 Å². The Labute approximate surface area is 101 Å². The Kier molecular flexibility index (Phi) is 3.20. The van der Waals surface area contributed by atoms with Crippen LogP contribution in [0.1, 0.15) is 54.5 Å². The fourth-order valence-electron chi connectivity index (χ4n) is 2.02. The molecular formula is C12H19N3S. The summed E-state index contributed by atoms with van der Waals surface area (Å²) >= 11 is 1.84. The van der Waals surface area contributed by atoms with Gasteiger partial charge in [-0.2, -0.15) is 0 Å². The first-order valence-electron chi connectivity index (χ1n) is 6.47. The van der Waals surface area contributed by atoms with E-state index in [2.05, 4.69) is 15.5 Å². The predicted octanol–water partition coefficient (Wildman–Crippen LogP) is 2.49. The molecule has 0 saturated heterocycles. The van der Waals surface area contributed by atoms with E-state index in [0.717, 1.165) is 24.9 Å². The summed E-state index contributed by atoms with van der Waals surface area (Å²) in [6.07, 6.45) is 9.11. The van der Waals surface area contributed by atoms with Crippen LogP contribution in [0.5, 0.6) is 0 Å². The highest BCUT2D eigenvalue weighted by atomic mass is 32.1. The van der Waals surface area contributed by atoms with Gasteiger partial charge in [0.2, 0.25) is 0 Å². The maximum atomic E-state index is 4.31. The standard InChI is InChI=1S/C12H19N3S/c1-3-9(4-1)12-15-14-11(16-12)5-2-8-13-10-6-7-10/h9-10,13H,1-8H2. The monoisotopic (exact) mass is 237 g/mol. The maximum absolute atomic E-state index is 4.31. The van der Waals surface area contributed by atoms with Crippen LogP contribution in [0.25, 0.3) is 0 Å². The first kappa shape index (κ1) is 10.7. The van der Waals surface area contributed by atoms with Crippen LogP contribution in [0.4, 0.5) is 0 Å². The van der Waals surface area contributed by atoms with Crippen molar-refractivity contribution in [2.24, 2.45) is 0 Å². The van der Waals surface area contributed by atoms with Crippen LogP contribution in [0.15, 0.2) is 0 Å². The molecule has 0 amide bonds. The van der Waals surface area contributed by atoms with Gasteiger partial charge >= 0.3 is 0 Å². The van der Waals surface area contributed by atoms with E-state index < -0.39 is 0 Å². The van der Waals surface area contributed by atoms with E-state index in [1.54, 1.807) is 0 Å². The molecule has 88 valence electrons. The number of nitrogens with one attached hydrogen (secondary N) is 1. The molecule has 0 aliphatic heterocycles. The minimum Gasteiger partial charge on any atom is -0.314 e. The van der Waals surface area contributed by atoms with Crippen molar-refractivity contribution in [3.05, 3.63) is 10.0 Å². The number of aryl methyl sites for hydroxylation is 1. The van der Waals surface area contributed by atoms with Crippen molar-refractivity contribution in [2.75, 3.05) is 6.54 Å². The zero-order valence-electron chi connectivity index (χ0n) is 9.61. The van der Waals surface area contributed by atoms with Crippen LogP contribution in [0.2, 0.25) is 0 Å². The molecule has 2 aliphatic carbocycles. The zero-order chi connectivity index (χ0) is 10.8. The van der Waals surface area contributed by atoms with Crippen LogP contribution in [-0.4, -0.2) is 22.8 Å². The summed E-state index contributed by atoms with van der Waals surface area (Å²) in [5.74, 6) is 0.746. The van der Waals surface area contributed by atoms with E-state index in [-0.39, 0.29) is 0 Å². The van der Waals surface area contributed by atoms with E-state index in [4.69, 9.17) is 0 Å². The van der Waals surface area contributed by atoms with E-state index in [0.29, 0.717) is 0 Å². The molecule has 0 bridgehead atoms. The zero-order valence-corrected chi connectivity index (χ0v) is 10.4. The summed E-state index contributed by atoms with van der Waals surface area (Å²) in [5, 5.41) is 14.7. The lowest BCUT2D eigenvalue weighted by Gasteiger charge is -2.21. The second-order valence-electron chi connectivity index (χ2n) is 4.99. The Morgan fingerprint density at radius 1 is 1.19 bits per heavy atom. The number of aromatic nitrogens is 2. The van der Waals surface area contributed by atoms with Gasteiger partial charge in [0, 0.05) is 18.4 Å². The van der Waals surface area contributed by atoms with Gasteiger partial charge in [-0.3, -0.25) is 0 Å². The highest BCUT2D eigenvalue weighted by molar-refractivity contribution is 7.11. The molecule has 4 heteroatoms. The molecule has 0 aromatic carbocycles. The van der Waals surface area contributed by atoms with Gasteiger partial charge in [0.05, 0.1) is 0 Å². The molecule has 1 aromatic rings. The molecule has 3 rings (SSSR count). The molecule has 3 nitrogen and oxygen atoms in total. The van der Waals surface area contributed by atoms with Crippen molar-refractivity contribution in [3.8, 4) is 0 Å². The second kappa shape index (κ2) is 4.80. The van der Waals surface area contributed by atoms with Crippen molar-refractivity contribution < 1.29 is 0 Å². The lowest BCUT2D eigenvalue weighted by atomic mass is 9.86. The third-order valence-corrected chi connectivity index (χ3v) is 4.66. The van der Waals surface area contributed by atoms with Gasteiger partial charge in [-0.15, -0.1) is 21.5 Å². The summed E-state index contributed by atoms with van der Waals surface area (Å²) in [6, 6.07) is 0.833. The normalized spacial score (nSPS) is 21.0. The Hall–Kier alpha value is -0.480. The number of hydrogen-bond donors (Lipinski definition) is 1. The summed E-state index contributed by atoms with van der Waals surface area (Å²) in [5.41, 5.74) is 0. The van der Waals surface area contributed by atoms with Crippen molar-refractivity contribution in [2.45, 2.75) is 56.9 Å². The smallest absolute Gasteiger partial charge is 0.120 e. The topological polar surface area (TPSA) is 37.8 Å². The van der Waals surface area contributed by atoms with Crippen LogP contribution in [-0.2, 0) is 6.42 Å². The second-order valence-corrected chi connectivity index (χ2v) is 6.09. The van der Waals surface area contributed by atoms with Crippen LogP contribution >= 0.6 is 11.3 Å². The molecule has 1 N–H and O–H groups in total. The van der Waals surface area contributed by atoms with Crippen LogP contribution < -0.4 is 5.32 Å². The van der Waals surface area contributed by atoms with Crippen LogP contribution in [0.3, 0.4) is 0 Å². The first-order chi connectivity index (χ1) is 7.92. The molecule has 16 heavy (non-hydrogen) atoms. The van der Waals surface area contributed by atoms with Gasteiger partial charge in [0.25, 0.3) is 0 Å². The molecule has 1 aromatic heterocycles. The lowest BCUT2D eigenvalue weighted by Crippen LogP contribution is -2.17. The highest BCUT2D eigenvalue weighted by Crippen LogP contribution is 2.37. The highest BCUT2D eigenvalue weighted by Gasteiger charge is 2.23. The quantitative estimate of drug-likeness (QED) is 0.772. The molecule has 2 saturated carbocycles. The van der Waals surface area contributed by atoms with Crippen LogP contribution in [0, 0.1) is 0 Å². The Balaban J connectivity index is 1.40. The van der Waals surface area contributed by atoms with Crippen molar-refractivity contribution >= 4 is 11.3 Å². The van der Waals surface area contributed by atoms with Gasteiger partial charge in [0.15, 0.2) is 0 Å². The summed E-state index contributed by atoms with van der Waals surface area (Å²) in [7, 11) is 0. The molecule has 2 aliphatic rings. The molecule has 0 radical (unpaired) electrons. The molecule has 2 fully saturated rings. The molecule has 0 atom stereocenters. The van der Waals surface area contributed by atoms with E-state index in [1.807, 2.05) is 11.3 Å². The average molecular weight is 237 g/mol. The van der Waals surface area contributed by atoms with Gasteiger partial charge in [-0.25, -0.2) is 0 Å². The van der Waals surface area contributed by atoms with Gasteiger partial charge in [0.1, 0.15) is 10.0 Å². The number of rotatable bonds is 6. The molecule has 0 unspecified atom stereocenters. The Morgan fingerprint density at radius 3 is 2.75 bits per heavy atom. The van der Waals surface area contributed by atoms with E-state index in [1.165, 1.54) is 48.5 Å². The molecular weight excluding hydrogens is 218 g/mol. The minimum absolute atomic E-state index is 0.746. The Morgan fingerprint density at radius 2 is 2.06 bits per heavy atom. The first-order valence-corrected chi connectivity index (χ1v) is 7.29. The van der Waals surface area contributed by atoms with Gasteiger partial charge in [-0.05, 0) is 38.6 Å². The van der Waals surface area contributed by atoms with Gasteiger partial charge in [-0.1, -0.05) is 6.42 Å². The fraction of sp³-hybridized carbons (Fsp3) is 0.833. The lowest BCUT2D eigenvalue weighted by molar-refractivity contribution is 0.416. The minimum atomic E-state index is 0.746. The summed E-state index contributed by atoms with van der Waals surface area (Å²) in [6.45, 7) is 1.14. The molecule has 1 heterocycles. The third-order valence-electron chi connectivity index (χ3n) is 3.51. The fourth-order valence-corrected chi connectivity index (χ4v) is 3.07.